The van der Waals surface area contributed by atoms with Gasteiger partial charge in [-0.05, 0) is 13.0 Å². The summed E-state index contributed by atoms with van der Waals surface area (Å²) in [4.78, 5) is 7.54. The number of aromatic nitrogens is 2. The second-order valence-corrected chi connectivity index (χ2v) is 3.67. The Bertz CT molecular complexity index is 334. The van der Waals surface area contributed by atoms with E-state index in [4.69, 9.17) is 22.1 Å². The quantitative estimate of drug-likeness (QED) is 0.772. The molecule has 2 N–H and O–H groups in total. The average molecular weight is 248 g/mol. The molecule has 6 heteroatoms. The van der Waals surface area contributed by atoms with Crippen LogP contribution in [-0.2, 0) is 6.42 Å². The minimum Gasteiger partial charge on any atom is -0.475 e. The fourth-order valence-corrected chi connectivity index (χ4v) is 1.32. The summed E-state index contributed by atoms with van der Waals surface area (Å²) in [6, 6.07) is 0. The Hall–Kier alpha value is -0.940. The molecule has 0 aliphatic heterocycles. The van der Waals surface area contributed by atoms with E-state index >= 15 is 0 Å². The van der Waals surface area contributed by atoms with Gasteiger partial charge in [0.1, 0.15) is 6.33 Å². The second kappa shape index (κ2) is 6.60. The van der Waals surface area contributed by atoms with Gasteiger partial charge in [0.25, 0.3) is 5.88 Å². The third-order valence-corrected chi connectivity index (χ3v) is 2.61. The largest absolute Gasteiger partial charge is 0.475 e. The fraction of sp³-hybridized carbons (Fsp3) is 0.600. The Labute approximate surface area is 99.0 Å². The van der Waals surface area contributed by atoms with Gasteiger partial charge in [-0.1, -0.05) is 6.92 Å². The third kappa shape index (κ3) is 3.28. The lowest BCUT2D eigenvalue weighted by atomic mass is 10.2. The van der Waals surface area contributed by atoms with Crippen molar-refractivity contribution in [1.82, 2.24) is 9.97 Å². The molecule has 0 amide bonds. The Balaban J connectivity index is 2.66. The number of nitrogens with two attached hydrogens (primary N) is 1. The van der Waals surface area contributed by atoms with Crippen LogP contribution >= 0.6 is 11.6 Å². The van der Waals surface area contributed by atoms with Crippen LogP contribution in [0.15, 0.2) is 6.33 Å². The normalized spacial score (nSPS) is 12.5. The molecule has 1 atom stereocenters. The first-order valence-electron chi connectivity index (χ1n) is 5.11. The highest BCUT2D eigenvalue weighted by Gasteiger charge is 2.13. The summed E-state index contributed by atoms with van der Waals surface area (Å²) >= 11 is 5.65. The van der Waals surface area contributed by atoms with E-state index in [0.717, 1.165) is 0 Å². The monoisotopic (exact) mass is 247 g/mol. The Kier molecular flexibility index (Phi) is 5.42. The predicted molar refractivity (Wildman–Crippen MR) is 60.1 cm³/mol. The molecule has 1 aromatic heterocycles. The molecule has 0 saturated carbocycles. The van der Waals surface area contributed by atoms with Gasteiger partial charge in [-0.3, -0.25) is 0 Å². The third-order valence-electron chi connectivity index (χ3n) is 2.17. The van der Waals surface area contributed by atoms with Crippen LogP contribution in [0.4, 0.5) is 4.39 Å². The van der Waals surface area contributed by atoms with Crippen molar-refractivity contribution in [3.05, 3.63) is 17.8 Å². The van der Waals surface area contributed by atoms with Gasteiger partial charge in [-0.15, -0.1) is 11.6 Å². The summed E-state index contributed by atoms with van der Waals surface area (Å²) in [6.45, 7) is 2.48. The first kappa shape index (κ1) is 13.1. The van der Waals surface area contributed by atoms with Crippen molar-refractivity contribution in [3.8, 4) is 5.88 Å². The molecule has 4 nitrogen and oxygen atoms in total. The maximum Gasteiger partial charge on any atom is 0.253 e. The summed E-state index contributed by atoms with van der Waals surface area (Å²) in [5, 5.41) is 0. The van der Waals surface area contributed by atoms with Gasteiger partial charge in [0.05, 0.1) is 12.3 Å². The molecule has 90 valence electrons. The zero-order valence-corrected chi connectivity index (χ0v) is 9.88. The standard InChI is InChI=1S/C10H15ClFN3O/c1-2-8-9(12)10(15-6-14-8)16-5-7(3-11)4-13/h6-7H,2-5,13H2,1H3. The van der Waals surface area contributed by atoms with E-state index in [1.54, 1.807) is 0 Å². The molecular weight excluding hydrogens is 233 g/mol. The van der Waals surface area contributed by atoms with Crippen LogP contribution in [0.25, 0.3) is 0 Å². The molecule has 1 aromatic rings. The van der Waals surface area contributed by atoms with Crippen molar-refractivity contribution in [2.24, 2.45) is 11.7 Å². The SMILES string of the molecule is CCc1ncnc(OCC(CN)CCl)c1F. The second-order valence-electron chi connectivity index (χ2n) is 3.36. The number of halogens is 2. The highest BCUT2D eigenvalue weighted by atomic mass is 35.5. The molecule has 0 radical (unpaired) electrons. The van der Waals surface area contributed by atoms with E-state index in [1.165, 1.54) is 6.33 Å². The Morgan fingerprint density at radius 3 is 2.88 bits per heavy atom. The minimum absolute atomic E-state index is 0.00103. The smallest absolute Gasteiger partial charge is 0.253 e. The van der Waals surface area contributed by atoms with Gasteiger partial charge in [0, 0.05) is 11.8 Å². The Morgan fingerprint density at radius 1 is 1.56 bits per heavy atom. The van der Waals surface area contributed by atoms with Crippen molar-refractivity contribution < 1.29 is 9.13 Å². The number of nitrogens with zero attached hydrogens (tertiary/aromatic N) is 2. The summed E-state index contributed by atoms with van der Waals surface area (Å²) in [6.07, 6.45) is 1.79. The molecule has 1 unspecified atom stereocenters. The van der Waals surface area contributed by atoms with Crippen LogP contribution in [0.2, 0.25) is 0 Å². The molecule has 0 aliphatic carbocycles. The fourth-order valence-electron chi connectivity index (χ4n) is 1.11. The lowest BCUT2D eigenvalue weighted by Gasteiger charge is -2.12. The molecular formula is C10H15ClFN3O. The zero-order chi connectivity index (χ0) is 12.0. The van der Waals surface area contributed by atoms with Crippen LogP contribution in [-0.4, -0.2) is 29.0 Å². The van der Waals surface area contributed by atoms with Gasteiger partial charge in [0.2, 0.25) is 5.82 Å². The number of alkyl halides is 1. The van der Waals surface area contributed by atoms with Crippen LogP contribution in [0.3, 0.4) is 0 Å². The van der Waals surface area contributed by atoms with Crippen LogP contribution in [0.5, 0.6) is 5.88 Å². The van der Waals surface area contributed by atoms with Crippen LogP contribution in [0, 0.1) is 11.7 Å². The summed E-state index contributed by atoms with van der Waals surface area (Å²) < 4.78 is 18.8. The predicted octanol–water partition coefficient (Wildman–Crippen LogP) is 1.37. The highest BCUT2D eigenvalue weighted by Crippen LogP contribution is 2.16. The van der Waals surface area contributed by atoms with Gasteiger partial charge < -0.3 is 10.5 Å². The van der Waals surface area contributed by atoms with Crippen molar-refractivity contribution in [2.75, 3.05) is 19.0 Å². The number of hydrogen-bond acceptors (Lipinski definition) is 4. The van der Waals surface area contributed by atoms with Crippen molar-refractivity contribution in [2.45, 2.75) is 13.3 Å². The van der Waals surface area contributed by atoms with Crippen molar-refractivity contribution in [1.29, 1.82) is 0 Å². The molecule has 0 saturated heterocycles. The topological polar surface area (TPSA) is 61.0 Å². The van der Waals surface area contributed by atoms with Crippen molar-refractivity contribution in [3.63, 3.8) is 0 Å². The van der Waals surface area contributed by atoms with Gasteiger partial charge >= 0.3 is 0 Å². The number of hydrogen-bond donors (Lipinski definition) is 1. The van der Waals surface area contributed by atoms with E-state index in [1.807, 2.05) is 6.92 Å². The zero-order valence-electron chi connectivity index (χ0n) is 9.12. The molecule has 1 rings (SSSR count). The molecule has 0 spiro atoms. The van der Waals surface area contributed by atoms with E-state index in [9.17, 15) is 4.39 Å². The summed E-state index contributed by atoms with van der Waals surface area (Å²) in [5.74, 6) is -0.156. The lowest BCUT2D eigenvalue weighted by molar-refractivity contribution is 0.242. The van der Waals surface area contributed by atoms with Crippen molar-refractivity contribution >= 4 is 11.6 Å². The van der Waals surface area contributed by atoms with E-state index in [2.05, 4.69) is 9.97 Å². The average Bonchev–Trinajstić information content (AvgIpc) is 2.32. The maximum absolute atomic E-state index is 13.6. The number of aryl methyl sites for hydroxylation is 1. The highest BCUT2D eigenvalue weighted by molar-refractivity contribution is 6.18. The minimum atomic E-state index is -0.504. The summed E-state index contributed by atoms with van der Waals surface area (Å²) in [7, 11) is 0. The first-order chi connectivity index (χ1) is 7.72. The maximum atomic E-state index is 13.6. The molecule has 0 aromatic carbocycles. The van der Waals surface area contributed by atoms with E-state index in [-0.39, 0.29) is 18.4 Å². The van der Waals surface area contributed by atoms with Crippen LogP contribution < -0.4 is 10.5 Å². The van der Waals surface area contributed by atoms with Crippen LogP contribution in [0.1, 0.15) is 12.6 Å². The molecule has 16 heavy (non-hydrogen) atoms. The number of rotatable bonds is 6. The van der Waals surface area contributed by atoms with Gasteiger partial charge in [-0.25, -0.2) is 4.98 Å². The molecule has 0 aliphatic rings. The van der Waals surface area contributed by atoms with Gasteiger partial charge in [0.15, 0.2) is 0 Å². The van der Waals surface area contributed by atoms with E-state index in [0.29, 0.717) is 24.5 Å². The lowest BCUT2D eigenvalue weighted by Crippen LogP contribution is -2.23. The Morgan fingerprint density at radius 2 is 2.31 bits per heavy atom. The first-order valence-corrected chi connectivity index (χ1v) is 5.64. The molecule has 1 heterocycles. The number of ether oxygens (including phenoxy) is 1. The van der Waals surface area contributed by atoms with Gasteiger partial charge in [-0.2, -0.15) is 9.37 Å². The van der Waals surface area contributed by atoms with E-state index < -0.39 is 5.82 Å². The molecule has 0 bridgehead atoms. The summed E-state index contributed by atoms with van der Waals surface area (Å²) in [5.41, 5.74) is 5.80. The molecule has 0 fully saturated rings.